The maximum Gasteiger partial charge on any atom is 0.257 e. The number of carbonyl (C=O) groups is 2. The smallest absolute Gasteiger partial charge is 0.257 e. The molecule has 0 saturated carbocycles. The van der Waals surface area contributed by atoms with Gasteiger partial charge < -0.3 is 15.0 Å². The molecule has 0 fully saturated rings. The molecule has 2 aromatic rings. The second kappa shape index (κ2) is 10.4. The van der Waals surface area contributed by atoms with Gasteiger partial charge in [-0.3, -0.25) is 14.9 Å². The summed E-state index contributed by atoms with van der Waals surface area (Å²) in [6.45, 7) is 5.22. The van der Waals surface area contributed by atoms with Crippen molar-refractivity contribution in [2.75, 3.05) is 25.5 Å². The lowest BCUT2D eigenvalue weighted by Crippen LogP contribution is -2.34. The van der Waals surface area contributed by atoms with Gasteiger partial charge in [-0.1, -0.05) is 0 Å². The van der Waals surface area contributed by atoms with E-state index < -0.39 is 0 Å². The molecule has 28 heavy (non-hydrogen) atoms. The van der Waals surface area contributed by atoms with Crippen LogP contribution in [0.2, 0.25) is 0 Å². The first-order valence-corrected chi connectivity index (χ1v) is 10.2. The zero-order valence-electron chi connectivity index (χ0n) is 15.9. The van der Waals surface area contributed by atoms with Crippen LogP contribution in [0.25, 0.3) is 0 Å². The van der Waals surface area contributed by atoms with E-state index in [4.69, 9.17) is 17.0 Å². The van der Waals surface area contributed by atoms with Gasteiger partial charge in [0.05, 0.1) is 10.7 Å². The fraction of sp³-hybridized carbons (Fsp3) is 0.250. The molecule has 0 spiro atoms. The summed E-state index contributed by atoms with van der Waals surface area (Å²) in [6.07, 6.45) is 0. The van der Waals surface area contributed by atoms with E-state index in [0.29, 0.717) is 35.7 Å². The first kappa shape index (κ1) is 22.1. The highest BCUT2D eigenvalue weighted by molar-refractivity contribution is 14.1. The summed E-state index contributed by atoms with van der Waals surface area (Å²) >= 11 is 7.32. The lowest BCUT2D eigenvalue weighted by Gasteiger charge is -2.18. The number of hydrogen-bond acceptors (Lipinski definition) is 4. The quantitative estimate of drug-likeness (QED) is 0.455. The number of hydrogen-bond donors (Lipinski definition) is 2. The molecule has 0 aliphatic rings. The molecule has 2 amide bonds. The van der Waals surface area contributed by atoms with E-state index in [1.807, 2.05) is 13.8 Å². The first-order valence-electron chi connectivity index (χ1n) is 8.74. The molecule has 0 aliphatic carbocycles. The Kier molecular flexibility index (Phi) is 8.18. The standard InChI is InChI=1S/C20H22IN3O3S/c1-4-24(5-2)19(26)13-6-9-15(10-7-13)22-20(28)23-18(25)14-8-11-17(27-3)16(21)12-14/h6-12H,4-5H2,1-3H3,(H2,22,23,25,28). The Hall–Kier alpha value is -2.20. The van der Waals surface area contributed by atoms with Gasteiger partial charge in [0, 0.05) is 29.9 Å². The van der Waals surface area contributed by atoms with E-state index in [2.05, 4.69) is 33.2 Å². The molecule has 0 heterocycles. The minimum atomic E-state index is -0.314. The van der Waals surface area contributed by atoms with Crippen molar-refractivity contribution in [2.24, 2.45) is 0 Å². The van der Waals surface area contributed by atoms with E-state index in [1.54, 1.807) is 54.5 Å². The van der Waals surface area contributed by atoms with Crippen LogP contribution >= 0.6 is 34.8 Å². The van der Waals surface area contributed by atoms with E-state index in [-0.39, 0.29) is 16.9 Å². The van der Waals surface area contributed by atoms with Gasteiger partial charge in [0.1, 0.15) is 5.75 Å². The van der Waals surface area contributed by atoms with Crippen molar-refractivity contribution in [1.82, 2.24) is 10.2 Å². The SMILES string of the molecule is CCN(CC)C(=O)c1ccc(NC(=S)NC(=O)c2ccc(OC)c(I)c2)cc1. The molecule has 8 heteroatoms. The summed E-state index contributed by atoms with van der Waals surface area (Å²) < 4.78 is 6.02. The molecule has 0 radical (unpaired) electrons. The topological polar surface area (TPSA) is 70.7 Å². The summed E-state index contributed by atoms with van der Waals surface area (Å²) in [6, 6.07) is 12.1. The van der Waals surface area contributed by atoms with E-state index in [0.717, 1.165) is 3.57 Å². The third-order valence-corrected chi connectivity index (χ3v) is 5.13. The predicted molar refractivity (Wildman–Crippen MR) is 123 cm³/mol. The van der Waals surface area contributed by atoms with Crippen LogP contribution in [0.4, 0.5) is 5.69 Å². The minimum Gasteiger partial charge on any atom is -0.496 e. The van der Waals surface area contributed by atoms with Crippen molar-refractivity contribution in [3.8, 4) is 5.75 Å². The van der Waals surface area contributed by atoms with Crippen molar-refractivity contribution >= 4 is 57.4 Å². The van der Waals surface area contributed by atoms with Gasteiger partial charge >= 0.3 is 0 Å². The van der Waals surface area contributed by atoms with Crippen LogP contribution in [0.5, 0.6) is 5.75 Å². The number of carbonyl (C=O) groups excluding carboxylic acids is 2. The van der Waals surface area contributed by atoms with E-state index in [9.17, 15) is 9.59 Å². The summed E-state index contributed by atoms with van der Waals surface area (Å²) in [5, 5.41) is 5.78. The van der Waals surface area contributed by atoms with E-state index in [1.165, 1.54) is 0 Å². The molecule has 6 nitrogen and oxygen atoms in total. The lowest BCUT2D eigenvalue weighted by atomic mass is 10.2. The van der Waals surface area contributed by atoms with Crippen LogP contribution in [0, 0.1) is 3.57 Å². The second-order valence-electron chi connectivity index (χ2n) is 5.81. The van der Waals surface area contributed by atoms with Gasteiger partial charge in [0.25, 0.3) is 11.8 Å². The zero-order chi connectivity index (χ0) is 20.7. The molecule has 2 aromatic carbocycles. The molecule has 0 bridgehead atoms. The molecule has 0 atom stereocenters. The third kappa shape index (κ3) is 5.65. The zero-order valence-corrected chi connectivity index (χ0v) is 18.9. The Labute approximate surface area is 183 Å². The largest absolute Gasteiger partial charge is 0.496 e. The fourth-order valence-electron chi connectivity index (χ4n) is 2.53. The van der Waals surface area contributed by atoms with Gasteiger partial charge in [0.2, 0.25) is 0 Å². The normalized spacial score (nSPS) is 10.1. The van der Waals surface area contributed by atoms with Crippen LogP contribution < -0.4 is 15.4 Å². The van der Waals surface area contributed by atoms with Crippen LogP contribution in [-0.4, -0.2) is 42.0 Å². The highest BCUT2D eigenvalue weighted by atomic mass is 127. The van der Waals surface area contributed by atoms with Crippen molar-refractivity contribution in [2.45, 2.75) is 13.8 Å². The van der Waals surface area contributed by atoms with Crippen LogP contribution in [0.3, 0.4) is 0 Å². The molecule has 0 aromatic heterocycles. The number of ether oxygens (including phenoxy) is 1. The molecule has 2 rings (SSSR count). The molecule has 0 saturated heterocycles. The van der Waals surface area contributed by atoms with Crippen LogP contribution in [0.15, 0.2) is 42.5 Å². The number of benzene rings is 2. The summed E-state index contributed by atoms with van der Waals surface area (Å²) in [7, 11) is 1.58. The monoisotopic (exact) mass is 511 g/mol. The maximum atomic E-state index is 12.3. The van der Waals surface area contributed by atoms with Gasteiger partial charge in [-0.05, 0) is 91.1 Å². The van der Waals surface area contributed by atoms with Crippen molar-refractivity contribution in [3.63, 3.8) is 0 Å². The number of rotatable bonds is 6. The molecular weight excluding hydrogens is 489 g/mol. The summed E-state index contributed by atoms with van der Waals surface area (Å²) in [5.41, 5.74) is 1.78. The van der Waals surface area contributed by atoms with Crippen LogP contribution in [0.1, 0.15) is 34.6 Å². The predicted octanol–water partition coefficient (Wildman–Crippen LogP) is 3.91. The van der Waals surface area contributed by atoms with Crippen molar-refractivity contribution in [3.05, 3.63) is 57.2 Å². The van der Waals surface area contributed by atoms with E-state index >= 15 is 0 Å². The minimum absolute atomic E-state index is 0.0125. The Morgan fingerprint density at radius 1 is 1.07 bits per heavy atom. The van der Waals surface area contributed by atoms with Gasteiger partial charge in [0.15, 0.2) is 5.11 Å². The Bertz CT molecular complexity index is 867. The van der Waals surface area contributed by atoms with Crippen LogP contribution in [-0.2, 0) is 0 Å². The lowest BCUT2D eigenvalue weighted by molar-refractivity contribution is 0.0772. The molecule has 148 valence electrons. The molecule has 2 N–H and O–H groups in total. The summed E-state index contributed by atoms with van der Waals surface area (Å²) in [5.74, 6) is 0.380. The molecule has 0 aliphatic heterocycles. The highest BCUT2D eigenvalue weighted by Crippen LogP contribution is 2.21. The first-order chi connectivity index (χ1) is 13.4. The number of methoxy groups -OCH3 is 1. The number of amides is 2. The Morgan fingerprint density at radius 2 is 1.68 bits per heavy atom. The average molecular weight is 511 g/mol. The maximum absolute atomic E-state index is 12.3. The fourth-order valence-corrected chi connectivity index (χ4v) is 3.48. The van der Waals surface area contributed by atoms with Crippen molar-refractivity contribution in [1.29, 1.82) is 0 Å². The number of nitrogens with zero attached hydrogens (tertiary/aromatic N) is 1. The second-order valence-corrected chi connectivity index (χ2v) is 7.38. The Balaban J connectivity index is 1.98. The highest BCUT2D eigenvalue weighted by Gasteiger charge is 2.13. The number of nitrogens with one attached hydrogen (secondary N) is 2. The Morgan fingerprint density at radius 3 is 2.21 bits per heavy atom. The summed E-state index contributed by atoms with van der Waals surface area (Å²) in [4.78, 5) is 26.4. The molecule has 0 unspecified atom stereocenters. The van der Waals surface area contributed by atoms with Crippen molar-refractivity contribution < 1.29 is 14.3 Å². The van der Waals surface area contributed by atoms with Gasteiger partial charge in [-0.15, -0.1) is 0 Å². The number of thiocarbonyl (C=S) groups is 1. The average Bonchev–Trinajstić information content (AvgIpc) is 2.69. The van der Waals surface area contributed by atoms with Gasteiger partial charge in [-0.2, -0.15) is 0 Å². The van der Waals surface area contributed by atoms with Gasteiger partial charge in [-0.25, -0.2) is 0 Å². The third-order valence-electron chi connectivity index (χ3n) is 4.08. The number of anilines is 1. The molecular formula is C20H22IN3O3S. The number of halogens is 1.